The highest BCUT2D eigenvalue weighted by Crippen LogP contribution is 2.25. The lowest BCUT2D eigenvalue weighted by atomic mass is 10.2. The van der Waals surface area contributed by atoms with E-state index in [2.05, 4.69) is 15.8 Å². The molecule has 0 aliphatic carbocycles. The van der Waals surface area contributed by atoms with Gasteiger partial charge >= 0.3 is 0 Å². The Bertz CT molecular complexity index is 762. The van der Waals surface area contributed by atoms with E-state index < -0.39 is 6.04 Å². The molecule has 2 aromatic rings. The monoisotopic (exact) mass is 343 g/mol. The van der Waals surface area contributed by atoms with Gasteiger partial charge in [-0.1, -0.05) is 12.1 Å². The van der Waals surface area contributed by atoms with E-state index >= 15 is 0 Å². The highest BCUT2D eigenvalue weighted by Gasteiger charge is 2.13. The molecule has 0 radical (unpaired) electrons. The van der Waals surface area contributed by atoms with Crippen LogP contribution in [0.15, 0.2) is 47.6 Å². The van der Waals surface area contributed by atoms with Crippen molar-refractivity contribution in [1.82, 2.24) is 5.43 Å². The Morgan fingerprint density at radius 1 is 1.16 bits per heavy atom. The number of carbonyl (C=O) groups excluding carboxylic acids is 1. The number of hydrazone groups is 1. The first-order valence-corrected chi connectivity index (χ1v) is 7.64. The fourth-order valence-electron chi connectivity index (χ4n) is 2.10. The third-order valence-electron chi connectivity index (χ3n) is 3.46. The van der Waals surface area contributed by atoms with Crippen LogP contribution in [0.5, 0.6) is 17.2 Å². The summed E-state index contributed by atoms with van der Waals surface area (Å²) in [6.45, 7) is 1.72. The number of anilines is 1. The number of phenols is 1. The number of hydrogen-bond acceptors (Lipinski definition) is 6. The SMILES string of the molecule is COc1cc(C=NNC(=O)C(C)Nc2ccccc2OC)ccc1O. The quantitative estimate of drug-likeness (QED) is 0.530. The zero-order chi connectivity index (χ0) is 18.2. The second-order valence-corrected chi connectivity index (χ2v) is 5.23. The first-order chi connectivity index (χ1) is 12.0. The van der Waals surface area contributed by atoms with Crippen molar-refractivity contribution in [2.75, 3.05) is 19.5 Å². The van der Waals surface area contributed by atoms with Gasteiger partial charge in [0.1, 0.15) is 11.8 Å². The van der Waals surface area contributed by atoms with Gasteiger partial charge in [0, 0.05) is 0 Å². The molecule has 0 saturated heterocycles. The van der Waals surface area contributed by atoms with Crippen LogP contribution in [-0.2, 0) is 4.79 Å². The van der Waals surface area contributed by atoms with Crippen LogP contribution in [0.1, 0.15) is 12.5 Å². The number of aromatic hydroxyl groups is 1. The van der Waals surface area contributed by atoms with E-state index in [9.17, 15) is 9.90 Å². The normalized spacial score (nSPS) is 11.8. The number of nitrogens with zero attached hydrogens (tertiary/aromatic N) is 1. The molecule has 0 aliphatic rings. The summed E-state index contributed by atoms with van der Waals surface area (Å²) in [4.78, 5) is 12.1. The molecule has 1 amide bonds. The van der Waals surface area contributed by atoms with Gasteiger partial charge in [-0.15, -0.1) is 0 Å². The van der Waals surface area contributed by atoms with Crippen LogP contribution in [0.3, 0.4) is 0 Å². The Kier molecular flexibility index (Phi) is 6.22. The van der Waals surface area contributed by atoms with Crippen LogP contribution in [-0.4, -0.2) is 37.5 Å². The smallest absolute Gasteiger partial charge is 0.262 e. The molecule has 0 spiro atoms. The third kappa shape index (κ3) is 4.87. The van der Waals surface area contributed by atoms with Crippen LogP contribution in [0.4, 0.5) is 5.69 Å². The summed E-state index contributed by atoms with van der Waals surface area (Å²) in [7, 11) is 3.03. The van der Waals surface area contributed by atoms with E-state index in [0.29, 0.717) is 17.1 Å². The molecule has 0 fully saturated rings. The van der Waals surface area contributed by atoms with Crippen LogP contribution in [0.2, 0.25) is 0 Å². The number of benzene rings is 2. The molecule has 132 valence electrons. The number of hydrogen-bond donors (Lipinski definition) is 3. The van der Waals surface area contributed by atoms with Gasteiger partial charge in [0.15, 0.2) is 11.5 Å². The van der Waals surface area contributed by atoms with Gasteiger partial charge in [-0.25, -0.2) is 5.43 Å². The van der Waals surface area contributed by atoms with E-state index in [0.717, 1.165) is 5.69 Å². The van der Waals surface area contributed by atoms with E-state index in [4.69, 9.17) is 9.47 Å². The van der Waals surface area contributed by atoms with Gasteiger partial charge in [0.2, 0.25) is 0 Å². The van der Waals surface area contributed by atoms with Crippen molar-refractivity contribution in [1.29, 1.82) is 0 Å². The summed E-state index contributed by atoms with van der Waals surface area (Å²) in [6, 6.07) is 11.6. The van der Waals surface area contributed by atoms with Gasteiger partial charge < -0.3 is 19.9 Å². The topological polar surface area (TPSA) is 92.2 Å². The predicted molar refractivity (Wildman–Crippen MR) is 96.5 cm³/mol. The minimum Gasteiger partial charge on any atom is -0.504 e. The van der Waals surface area contributed by atoms with E-state index in [-0.39, 0.29) is 11.7 Å². The number of carbonyl (C=O) groups is 1. The second kappa shape index (κ2) is 8.58. The zero-order valence-electron chi connectivity index (χ0n) is 14.3. The minimum absolute atomic E-state index is 0.0401. The van der Waals surface area contributed by atoms with Crippen LogP contribution >= 0.6 is 0 Å². The Labute approximate surface area is 146 Å². The van der Waals surface area contributed by atoms with Crippen molar-refractivity contribution in [3.05, 3.63) is 48.0 Å². The van der Waals surface area contributed by atoms with E-state index in [1.54, 1.807) is 26.2 Å². The molecule has 3 N–H and O–H groups in total. The Morgan fingerprint density at radius 3 is 2.60 bits per heavy atom. The number of phenolic OH excluding ortho intramolecular Hbond substituents is 1. The molecule has 0 aliphatic heterocycles. The lowest BCUT2D eigenvalue weighted by Crippen LogP contribution is -2.35. The third-order valence-corrected chi connectivity index (χ3v) is 3.46. The standard InChI is InChI=1S/C18H21N3O4/c1-12(20-14-6-4-5-7-16(14)24-2)18(23)21-19-11-13-8-9-15(22)17(10-13)25-3/h4-12,20,22H,1-3H3,(H,21,23). The van der Waals surface area contributed by atoms with Crippen molar-refractivity contribution in [2.45, 2.75) is 13.0 Å². The van der Waals surface area contributed by atoms with Gasteiger partial charge in [0.05, 0.1) is 26.1 Å². The van der Waals surface area contributed by atoms with Gasteiger partial charge in [-0.3, -0.25) is 4.79 Å². The van der Waals surface area contributed by atoms with Crippen LogP contribution in [0, 0.1) is 0 Å². The van der Waals surface area contributed by atoms with Gasteiger partial charge in [-0.05, 0) is 42.8 Å². The number of methoxy groups -OCH3 is 2. The molecule has 1 unspecified atom stereocenters. The van der Waals surface area contributed by atoms with Crippen molar-refractivity contribution in [3.8, 4) is 17.2 Å². The van der Waals surface area contributed by atoms with Gasteiger partial charge in [-0.2, -0.15) is 5.10 Å². The Morgan fingerprint density at radius 2 is 1.88 bits per heavy atom. The molecule has 0 saturated carbocycles. The number of amides is 1. The summed E-state index contributed by atoms with van der Waals surface area (Å²) in [5.74, 6) is 0.731. The van der Waals surface area contributed by atoms with Gasteiger partial charge in [0.25, 0.3) is 5.91 Å². The molecule has 0 heterocycles. The minimum atomic E-state index is -0.511. The molecule has 1 atom stereocenters. The van der Waals surface area contributed by atoms with E-state index in [1.165, 1.54) is 19.4 Å². The number of nitrogens with one attached hydrogen (secondary N) is 2. The average Bonchev–Trinajstić information content (AvgIpc) is 2.63. The van der Waals surface area contributed by atoms with Crippen LogP contribution in [0.25, 0.3) is 0 Å². The number of ether oxygens (including phenoxy) is 2. The number of rotatable bonds is 7. The molecule has 25 heavy (non-hydrogen) atoms. The Balaban J connectivity index is 1.95. The largest absolute Gasteiger partial charge is 0.504 e. The molecule has 2 rings (SSSR count). The van der Waals surface area contributed by atoms with Crippen molar-refractivity contribution in [3.63, 3.8) is 0 Å². The highest BCUT2D eigenvalue weighted by atomic mass is 16.5. The second-order valence-electron chi connectivity index (χ2n) is 5.23. The zero-order valence-corrected chi connectivity index (χ0v) is 14.3. The maximum Gasteiger partial charge on any atom is 0.262 e. The summed E-state index contributed by atoms with van der Waals surface area (Å²) in [5, 5.41) is 16.5. The number of para-hydroxylation sites is 2. The van der Waals surface area contributed by atoms with Crippen molar-refractivity contribution < 1.29 is 19.4 Å². The molecule has 7 heteroatoms. The molecule has 7 nitrogen and oxygen atoms in total. The molecular weight excluding hydrogens is 322 g/mol. The van der Waals surface area contributed by atoms with E-state index in [1.807, 2.05) is 24.3 Å². The first-order valence-electron chi connectivity index (χ1n) is 7.64. The maximum absolute atomic E-state index is 12.1. The molecule has 0 aromatic heterocycles. The molecule has 2 aromatic carbocycles. The highest BCUT2D eigenvalue weighted by molar-refractivity contribution is 5.87. The average molecular weight is 343 g/mol. The predicted octanol–water partition coefficient (Wildman–Crippen LogP) is 2.36. The lowest BCUT2D eigenvalue weighted by Gasteiger charge is -2.15. The maximum atomic E-state index is 12.1. The van der Waals surface area contributed by atoms with Crippen molar-refractivity contribution >= 4 is 17.8 Å². The summed E-state index contributed by atoms with van der Waals surface area (Å²) in [6.07, 6.45) is 1.47. The molecular formula is C18H21N3O4. The fourth-order valence-corrected chi connectivity index (χ4v) is 2.10. The summed E-state index contributed by atoms with van der Waals surface area (Å²) < 4.78 is 10.3. The lowest BCUT2D eigenvalue weighted by molar-refractivity contribution is -0.121. The summed E-state index contributed by atoms with van der Waals surface area (Å²) >= 11 is 0. The Hall–Kier alpha value is -3.22. The first kappa shape index (κ1) is 18.1. The molecule has 0 bridgehead atoms. The fraction of sp³-hybridized carbons (Fsp3) is 0.222. The van der Waals surface area contributed by atoms with Crippen molar-refractivity contribution in [2.24, 2.45) is 5.10 Å². The van der Waals surface area contributed by atoms with Crippen LogP contribution < -0.4 is 20.2 Å². The summed E-state index contributed by atoms with van der Waals surface area (Å²) in [5.41, 5.74) is 3.87.